The molecule has 1 saturated heterocycles. The summed E-state index contributed by atoms with van der Waals surface area (Å²) in [4.78, 5) is 2.07. The van der Waals surface area contributed by atoms with E-state index in [2.05, 4.69) is 4.90 Å². The smallest absolute Gasteiger partial charge is 0.416 e. The summed E-state index contributed by atoms with van der Waals surface area (Å²) < 4.78 is 92.1. The third kappa shape index (κ3) is 6.63. The van der Waals surface area contributed by atoms with Gasteiger partial charge >= 0.3 is 12.4 Å². The summed E-state index contributed by atoms with van der Waals surface area (Å²) in [6, 6.07) is 16.8. The van der Waals surface area contributed by atoms with Crippen molar-refractivity contribution >= 4 is 0 Å². The van der Waals surface area contributed by atoms with E-state index < -0.39 is 41.9 Å². The Balaban J connectivity index is 1.66. The molecule has 1 heterocycles. The van der Waals surface area contributed by atoms with Crippen LogP contribution in [-0.2, 0) is 28.4 Å². The Hall–Kier alpha value is -3.08. The topological polar surface area (TPSA) is 41.9 Å². The predicted octanol–water partition coefficient (Wildman–Crippen LogP) is 7.11. The lowest BCUT2D eigenvalue weighted by atomic mass is 10.00. The summed E-state index contributed by atoms with van der Waals surface area (Å²) in [6.07, 6.45) is -12.1. The Morgan fingerprint density at radius 1 is 0.919 bits per heavy atom. The SMILES string of the molecule is C[C@@H](OC1OCCN(Cc2ccccc2)[C@@H]1c1ccc(O)cc1)c1cc(C(F)(F)F)cc(C(F)(F)F)c1. The van der Waals surface area contributed by atoms with Gasteiger partial charge in [0, 0.05) is 13.1 Å². The van der Waals surface area contributed by atoms with Gasteiger partial charge in [-0.3, -0.25) is 4.90 Å². The number of morpholine rings is 1. The largest absolute Gasteiger partial charge is 0.508 e. The highest BCUT2D eigenvalue weighted by Gasteiger charge is 2.39. The van der Waals surface area contributed by atoms with Crippen molar-refractivity contribution in [2.24, 2.45) is 0 Å². The molecular weight excluding hydrogens is 500 g/mol. The average Bonchev–Trinajstić information content (AvgIpc) is 2.84. The maximum atomic E-state index is 13.4. The Morgan fingerprint density at radius 2 is 1.51 bits per heavy atom. The third-order valence-corrected chi connectivity index (χ3v) is 6.19. The second-order valence-electron chi connectivity index (χ2n) is 8.85. The van der Waals surface area contributed by atoms with Crippen molar-refractivity contribution in [1.29, 1.82) is 0 Å². The second-order valence-corrected chi connectivity index (χ2v) is 8.85. The van der Waals surface area contributed by atoms with Crippen molar-refractivity contribution in [2.45, 2.75) is 44.3 Å². The van der Waals surface area contributed by atoms with Crippen molar-refractivity contribution in [3.05, 3.63) is 101 Å². The lowest BCUT2D eigenvalue weighted by molar-refractivity contribution is -0.231. The molecule has 1 unspecified atom stereocenters. The van der Waals surface area contributed by atoms with E-state index in [4.69, 9.17) is 9.47 Å². The molecule has 1 aliphatic heterocycles. The van der Waals surface area contributed by atoms with Crippen LogP contribution in [-0.4, -0.2) is 29.4 Å². The fraction of sp³-hybridized carbons (Fsp3) is 0.333. The zero-order valence-electron chi connectivity index (χ0n) is 19.8. The first-order valence-electron chi connectivity index (χ1n) is 11.5. The molecule has 37 heavy (non-hydrogen) atoms. The molecule has 10 heteroatoms. The standard InChI is InChI=1S/C27H25F6NO3/c1-17(20-13-21(26(28,29)30)15-22(14-20)27(31,32)33)37-25-24(19-7-9-23(35)10-8-19)34(11-12-36-25)16-18-5-3-2-4-6-18/h2-10,13-15,17,24-25,35H,11-12,16H2,1H3/t17-,24-,25?/m1/s1. The number of hydrogen-bond acceptors (Lipinski definition) is 4. The first-order valence-corrected chi connectivity index (χ1v) is 11.5. The highest BCUT2D eigenvalue weighted by molar-refractivity contribution is 5.35. The van der Waals surface area contributed by atoms with Gasteiger partial charge in [-0.1, -0.05) is 42.5 Å². The van der Waals surface area contributed by atoms with Gasteiger partial charge in [0.2, 0.25) is 0 Å². The monoisotopic (exact) mass is 525 g/mol. The van der Waals surface area contributed by atoms with Crippen LogP contribution in [0.5, 0.6) is 5.75 Å². The summed E-state index contributed by atoms with van der Waals surface area (Å²) in [7, 11) is 0. The quantitative estimate of drug-likeness (QED) is 0.349. The van der Waals surface area contributed by atoms with Crippen LogP contribution in [0.4, 0.5) is 26.3 Å². The van der Waals surface area contributed by atoms with Gasteiger partial charge in [-0.05, 0) is 53.9 Å². The molecule has 0 bridgehead atoms. The van der Waals surface area contributed by atoms with Crippen LogP contribution in [0.15, 0.2) is 72.8 Å². The van der Waals surface area contributed by atoms with Crippen LogP contribution < -0.4 is 0 Å². The van der Waals surface area contributed by atoms with Crippen molar-refractivity contribution in [2.75, 3.05) is 13.2 Å². The summed E-state index contributed by atoms with van der Waals surface area (Å²) >= 11 is 0. The molecule has 3 aromatic rings. The third-order valence-electron chi connectivity index (χ3n) is 6.19. The van der Waals surface area contributed by atoms with Crippen LogP contribution in [0.2, 0.25) is 0 Å². The van der Waals surface area contributed by atoms with Gasteiger partial charge in [0.1, 0.15) is 5.75 Å². The lowest BCUT2D eigenvalue weighted by Gasteiger charge is -2.42. The molecule has 0 saturated carbocycles. The highest BCUT2D eigenvalue weighted by Crippen LogP contribution is 2.40. The zero-order chi connectivity index (χ0) is 26.8. The Morgan fingerprint density at radius 3 is 2.08 bits per heavy atom. The maximum Gasteiger partial charge on any atom is 0.416 e. The van der Waals surface area contributed by atoms with Crippen LogP contribution in [0.1, 0.15) is 46.9 Å². The Bertz CT molecular complexity index is 1150. The van der Waals surface area contributed by atoms with Crippen LogP contribution >= 0.6 is 0 Å². The Labute approximate surface area is 210 Å². The molecule has 4 nitrogen and oxygen atoms in total. The minimum Gasteiger partial charge on any atom is -0.508 e. The van der Waals surface area contributed by atoms with Gasteiger partial charge in [-0.25, -0.2) is 0 Å². The highest BCUT2D eigenvalue weighted by atomic mass is 19.4. The molecule has 0 spiro atoms. The molecule has 4 rings (SSSR count). The second kappa shape index (κ2) is 10.7. The summed E-state index contributed by atoms with van der Waals surface area (Å²) in [5.41, 5.74) is -1.36. The number of rotatable bonds is 6. The lowest BCUT2D eigenvalue weighted by Crippen LogP contribution is -2.46. The van der Waals surface area contributed by atoms with Gasteiger partial charge in [0.25, 0.3) is 0 Å². The molecule has 0 radical (unpaired) electrons. The van der Waals surface area contributed by atoms with Crippen LogP contribution in [0.25, 0.3) is 0 Å². The average molecular weight is 525 g/mol. The Kier molecular flexibility index (Phi) is 7.82. The minimum atomic E-state index is -4.96. The summed E-state index contributed by atoms with van der Waals surface area (Å²) in [5.74, 6) is 0.0459. The molecule has 1 aliphatic rings. The molecule has 0 amide bonds. The van der Waals surface area contributed by atoms with Crippen molar-refractivity contribution < 1.29 is 40.9 Å². The molecule has 1 N–H and O–H groups in total. The number of halogens is 6. The molecule has 0 aliphatic carbocycles. The molecule has 1 fully saturated rings. The van der Waals surface area contributed by atoms with Gasteiger partial charge in [-0.15, -0.1) is 0 Å². The maximum absolute atomic E-state index is 13.4. The minimum absolute atomic E-state index is 0.0459. The molecule has 198 valence electrons. The number of ether oxygens (including phenoxy) is 2. The van der Waals surface area contributed by atoms with E-state index in [9.17, 15) is 31.4 Å². The van der Waals surface area contributed by atoms with E-state index in [0.29, 0.717) is 30.8 Å². The first kappa shape index (κ1) is 27.0. The van der Waals surface area contributed by atoms with Gasteiger partial charge in [0.15, 0.2) is 6.29 Å². The van der Waals surface area contributed by atoms with E-state index in [0.717, 1.165) is 5.56 Å². The molecule has 3 aromatic carbocycles. The van der Waals surface area contributed by atoms with Gasteiger partial charge < -0.3 is 14.6 Å². The van der Waals surface area contributed by atoms with E-state index >= 15 is 0 Å². The van der Waals surface area contributed by atoms with E-state index in [1.807, 2.05) is 30.3 Å². The number of phenolic OH excluding ortho intramolecular Hbond substituents is 1. The van der Waals surface area contributed by atoms with Gasteiger partial charge in [-0.2, -0.15) is 26.3 Å². The fourth-order valence-corrected chi connectivity index (χ4v) is 4.33. The first-order chi connectivity index (χ1) is 17.4. The molecule has 3 atom stereocenters. The van der Waals surface area contributed by atoms with Crippen LogP contribution in [0.3, 0.4) is 0 Å². The zero-order valence-corrected chi connectivity index (χ0v) is 19.8. The summed E-state index contributed by atoms with van der Waals surface area (Å²) in [5, 5.41) is 9.74. The molecule has 0 aromatic heterocycles. The van der Waals surface area contributed by atoms with E-state index in [1.54, 1.807) is 12.1 Å². The number of benzene rings is 3. The fourth-order valence-electron chi connectivity index (χ4n) is 4.33. The van der Waals surface area contributed by atoms with Crippen molar-refractivity contribution in [3.8, 4) is 5.75 Å². The van der Waals surface area contributed by atoms with E-state index in [-0.39, 0.29) is 24.0 Å². The summed E-state index contributed by atoms with van der Waals surface area (Å²) in [6.45, 7) is 2.65. The number of nitrogens with zero attached hydrogens (tertiary/aromatic N) is 1. The number of aromatic hydroxyl groups is 1. The molecular formula is C27H25F6NO3. The van der Waals surface area contributed by atoms with Crippen LogP contribution in [0, 0.1) is 0 Å². The van der Waals surface area contributed by atoms with Crippen molar-refractivity contribution in [3.63, 3.8) is 0 Å². The normalized spacial score (nSPS) is 20.1. The number of phenols is 1. The number of hydrogen-bond donors (Lipinski definition) is 1. The van der Waals surface area contributed by atoms with E-state index in [1.165, 1.54) is 19.1 Å². The number of alkyl halides is 6. The predicted molar refractivity (Wildman–Crippen MR) is 123 cm³/mol. The van der Waals surface area contributed by atoms with Crippen molar-refractivity contribution in [1.82, 2.24) is 4.90 Å². The van der Waals surface area contributed by atoms with Gasteiger partial charge in [0.05, 0.1) is 29.9 Å².